The molecule has 0 aliphatic carbocycles. The number of hydrogen-bond acceptors (Lipinski definition) is 8. The van der Waals surface area contributed by atoms with Crippen molar-refractivity contribution in [2.24, 2.45) is 0 Å². The molecule has 0 unspecified atom stereocenters. The van der Waals surface area contributed by atoms with Crippen LogP contribution in [0.25, 0.3) is 10.6 Å². The molecule has 0 amide bonds. The van der Waals surface area contributed by atoms with Gasteiger partial charge in [-0.2, -0.15) is 0 Å². The number of nitro groups is 1. The maximum absolute atomic E-state index is 11.7. The maximum Gasteiger partial charge on any atom is 0.344 e. The molecule has 0 spiro atoms. The van der Waals surface area contributed by atoms with Gasteiger partial charge in [-0.1, -0.05) is 23.4 Å². The molecule has 0 aliphatic heterocycles. The smallest absolute Gasteiger partial charge is 0.344 e. The van der Waals surface area contributed by atoms with Crippen molar-refractivity contribution >= 4 is 23.0 Å². The van der Waals surface area contributed by atoms with Gasteiger partial charge < -0.3 is 14.0 Å². The predicted octanol–water partition coefficient (Wildman–Crippen LogP) is 3.43. The molecule has 3 aromatic rings. The van der Waals surface area contributed by atoms with E-state index in [0.717, 1.165) is 4.88 Å². The summed E-state index contributed by atoms with van der Waals surface area (Å²) in [5.74, 6) is -0.0677. The van der Waals surface area contributed by atoms with Gasteiger partial charge in [0.25, 0.3) is 0 Å². The molecule has 25 heavy (non-hydrogen) atoms. The third-order valence-corrected chi connectivity index (χ3v) is 4.00. The van der Waals surface area contributed by atoms with Crippen LogP contribution in [-0.4, -0.2) is 22.7 Å². The van der Waals surface area contributed by atoms with Crippen LogP contribution in [0.5, 0.6) is 5.75 Å². The van der Waals surface area contributed by atoms with Crippen LogP contribution in [0.15, 0.2) is 52.4 Å². The minimum atomic E-state index is -0.668. The zero-order valence-electron chi connectivity index (χ0n) is 12.8. The molecule has 3 rings (SSSR count). The zero-order valence-corrected chi connectivity index (χ0v) is 13.6. The van der Waals surface area contributed by atoms with Gasteiger partial charge in [-0.25, -0.2) is 4.79 Å². The van der Waals surface area contributed by atoms with Gasteiger partial charge in [-0.3, -0.25) is 10.1 Å². The van der Waals surface area contributed by atoms with E-state index in [-0.39, 0.29) is 18.0 Å². The van der Waals surface area contributed by atoms with Crippen LogP contribution in [0.3, 0.4) is 0 Å². The topological polar surface area (TPSA) is 105 Å². The fraction of sp³-hybridized carbons (Fsp3) is 0.125. The number of rotatable bonds is 7. The lowest BCUT2D eigenvalue weighted by molar-refractivity contribution is -0.385. The van der Waals surface area contributed by atoms with Crippen LogP contribution >= 0.6 is 11.3 Å². The number of aromatic nitrogens is 1. The standard InChI is InChI=1S/C16H12N2O6S/c19-16(10-22-13-5-2-1-4-12(13)18(20)21)23-9-11-8-14(24-17-11)15-6-3-7-25-15/h1-8H,9-10H2. The average Bonchev–Trinajstić information content (AvgIpc) is 3.29. The van der Waals surface area contributed by atoms with Crippen LogP contribution in [0.2, 0.25) is 0 Å². The number of esters is 1. The summed E-state index contributed by atoms with van der Waals surface area (Å²) in [5.41, 5.74) is 0.245. The quantitative estimate of drug-likeness (QED) is 0.361. The summed E-state index contributed by atoms with van der Waals surface area (Å²) in [6.07, 6.45) is 0. The van der Waals surface area contributed by atoms with Crippen molar-refractivity contribution in [2.45, 2.75) is 6.61 Å². The Labute approximate surface area is 145 Å². The lowest BCUT2D eigenvalue weighted by Crippen LogP contribution is -2.15. The monoisotopic (exact) mass is 360 g/mol. The summed E-state index contributed by atoms with van der Waals surface area (Å²) in [5, 5.41) is 16.6. The van der Waals surface area contributed by atoms with Crippen LogP contribution in [0, 0.1) is 10.1 Å². The average molecular weight is 360 g/mol. The number of nitrogens with zero attached hydrogens (tertiary/aromatic N) is 2. The van der Waals surface area contributed by atoms with E-state index in [4.69, 9.17) is 14.0 Å². The number of benzene rings is 1. The molecule has 1 aromatic carbocycles. The molecule has 8 nitrogen and oxygen atoms in total. The Morgan fingerprint density at radius 3 is 2.88 bits per heavy atom. The van der Waals surface area contributed by atoms with Gasteiger partial charge >= 0.3 is 11.7 Å². The van der Waals surface area contributed by atoms with E-state index in [1.165, 1.54) is 29.5 Å². The maximum atomic E-state index is 11.7. The highest BCUT2D eigenvalue weighted by atomic mass is 32.1. The summed E-state index contributed by atoms with van der Waals surface area (Å²) >= 11 is 1.51. The van der Waals surface area contributed by atoms with Gasteiger partial charge in [-0.15, -0.1) is 11.3 Å². The second-order valence-corrected chi connectivity index (χ2v) is 5.78. The van der Waals surface area contributed by atoms with Gasteiger partial charge in [-0.05, 0) is 17.5 Å². The van der Waals surface area contributed by atoms with Crippen molar-refractivity contribution in [2.75, 3.05) is 6.61 Å². The number of carbonyl (C=O) groups is 1. The van der Waals surface area contributed by atoms with Gasteiger partial charge in [0.1, 0.15) is 12.3 Å². The number of thiophene rings is 1. The molecule has 0 radical (unpaired) electrons. The first-order chi connectivity index (χ1) is 12.1. The zero-order chi connectivity index (χ0) is 17.6. The highest BCUT2D eigenvalue weighted by molar-refractivity contribution is 7.13. The van der Waals surface area contributed by atoms with E-state index in [2.05, 4.69) is 5.16 Å². The Kier molecular flexibility index (Phi) is 5.05. The number of nitro benzene ring substituents is 1. The highest BCUT2D eigenvalue weighted by Gasteiger charge is 2.16. The second-order valence-electron chi connectivity index (χ2n) is 4.83. The first kappa shape index (κ1) is 16.7. The van der Waals surface area contributed by atoms with Gasteiger partial charge in [0.15, 0.2) is 18.1 Å². The molecular weight excluding hydrogens is 348 g/mol. The van der Waals surface area contributed by atoms with E-state index < -0.39 is 17.5 Å². The summed E-state index contributed by atoms with van der Waals surface area (Å²) in [6, 6.07) is 11.3. The van der Waals surface area contributed by atoms with Gasteiger partial charge in [0.2, 0.25) is 0 Å². The van der Waals surface area contributed by atoms with Crippen molar-refractivity contribution in [3.05, 3.63) is 63.7 Å². The molecule has 0 N–H and O–H groups in total. The Morgan fingerprint density at radius 2 is 2.12 bits per heavy atom. The van der Waals surface area contributed by atoms with Crippen molar-refractivity contribution in [1.82, 2.24) is 5.16 Å². The van der Waals surface area contributed by atoms with E-state index in [9.17, 15) is 14.9 Å². The molecule has 2 aromatic heterocycles. The Morgan fingerprint density at radius 1 is 1.28 bits per heavy atom. The molecule has 9 heteroatoms. The second kappa shape index (κ2) is 7.58. The van der Waals surface area contributed by atoms with E-state index >= 15 is 0 Å². The summed E-state index contributed by atoms with van der Waals surface area (Å²) in [4.78, 5) is 22.9. The number of hydrogen-bond donors (Lipinski definition) is 0. The van der Waals surface area contributed by atoms with Crippen LogP contribution in [0.4, 0.5) is 5.69 Å². The molecule has 2 heterocycles. The Balaban J connectivity index is 1.51. The van der Waals surface area contributed by atoms with Gasteiger partial charge in [0.05, 0.1) is 9.80 Å². The molecule has 0 saturated heterocycles. The molecule has 0 atom stereocenters. The summed E-state index contributed by atoms with van der Waals surface area (Å²) in [7, 11) is 0. The van der Waals surface area contributed by atoms with Crippen molar-refractivity contribution < 1.29 is 23.7 Å². The highest BCUT2D eigenvalue weighted by Crippen LogP contribution is 2.26. The van der Waals surface area contributed by atoms with E-state index in [1.54, 1.807) is 12.1 Å². The Hall–Kier alpha value is -3.20. The van der Waals surface area contributed by atoms with Crippen LogP contribution in [-0.2, 0) is 16.1 Å². The molecule has 0 fully saturated rings. The molecule has 0 bridgehead atoms. The number of ether oxygens (including phenoxy) is 2. The summed E-state index contributed by atoms with van der Waals surface area (Å²) in [6.45, 7) is -0.519. The lowest BCUT2D eigenvalue weighted by Gasteiger charge is -2.06. The normalized spacial score (nSPS) is 10.4. The minimum Gasteiger partial charge on any atom is -0.475 e. The predicted molar refractivity (Wildman–Crippen MR) is 88.2 cm³/mol. The van der Waals surface area contributed by atoms with Crippen molar-refractivity contribution in [1.29, 1.82) is 0 Å². The number of carbonyl (C=O) groups excluding carboxylic acids is 1. The van der Waals surface area contributed by atoms with Crippen LogP contribution < -0.4 is 4.74 Å². The van der Waals surface area contributed by atoms with Gasteiger partial charge in [0, 0.05) is 12.1 Å². The first-order valence-electron chi connectivity index (χ1n) is 7.15. The van der Waals surface area contributed by atoms with E-state index in [0.29, 0.717) is 11.5 Å². The minimum absolute atomic E-state index is 0.00543. The molecular formula is C16H12N2O6S. The Bertz CT molecular complexity index is 874. The largest absolute Gasteiger partial charge is 0.475 e. The van der Waals surface area contributed by atoms with Crippen molar-refractivity contribution in [3.8, 4) is 16.4 Å². The fourth-order valence-electron chi connectivity index (χ4n) is 1.98. The molecule has 128 valence electrons. The SMILES string of the molecule is O=C(COc1ccccc1[N+](=O)[O-])OCc1cc(-c2cccs2)on1. The van der Waals surface area contributed by atoms with E-state index in [1.807, 2.05) is 17.5 Å². The third-order valence-electron chi connectivity index (χ3n) is 3.11. The van der Waals surface area contributed by atoms with Crippen LogP contribution in [0.1, 0.15) is 5.69 Å². The fourth-order valence-corrected chi connectivity index (χ4v) is 2.65. The number of para-hydroxylation sites is 2. The summed E-state index contributed by atoms with van der Waals surface area (Å²) < 4.78 is 15.4. The lowest BCUT2D eigenvalue weighted by atomic mass is 10.3. The van der Waals surface area contributed by atoms with Crippen molar-refractivity contribution in [3.63, 3.8) is 0 Å². The third kappa shape index (κ3) is 4.21. The first-order valence-corrected chi connectivity index (χ1v) is 8.03. The molecule has 0 saturated carbocycles. The molecule has 0 aliphatic rings.